The van der Waals surface area contributed by atoms with Gasteiger partial charge in [0.05, 0.1) is 6.61 Å². The molecule has 142 valence electrons. The van der Waals surface area contributed by atoms with Crippen molar-refractivity contribution in [3.05, 3.63) is 65.5 Å². The second kappa shape index (κ2) is 9.50. The SMILES string of the molecule is CC(C)=CCCC1=CCC(COc2ccc(-c3ncc(C)cn3)cc2)CC1. The third kappa shape index (κ3) is 6.06. The van der Waals surface area contributed by atoms with E-state index < -0.39 is 0 Å². The van der Waals surface area contributed by atoms with Crippen LogP contribution in [0.1, 0.15) is 51.5 Å². The van der Waals surface area contributed by atoms with Gasteiger partial charge in [-0.2, -0.15) is 0 Å². The first-order chi connectivity index (χ1) is 13.1. The molecule has 1 atom stereocenters. The van der Waals surface area contributed by atoms with Gasteiger partial charge in [0, 0.05) is 18.0 Å². The Labute approximate surface area is 163 Å². The van der Waals surface area contributed by atoms with E-state index in [2.05, 4.69) is 36.0 Å². The lowest BCUT2D eigenvalue weighted by Crippen LogP contribution is -2.14. The molecule has 1 aromatic carbocycles. The summed E-state index contributed by atoms with van der Waals surface area (Å²) in [5, 5.41) is 0. The summed E-state index contributed by atoms with van der Waals surface area (Å²) in [5.74, 6) is 2.30. The van der Waals surface area contributed by atoms with E-state index in [-0.39, 0.29) is 0 Å². The minimum atomic E-state index is 0.623. The highest BCUT2D eigenvalue weighted by molar-refractivity contribution is 5.55. The lowest BCUT2D eigenvalue weighted by molar-refractivity contribution is 0.237. The average molecular weight is 363 g/mol. The molecule has 3 heteroatoms. The third-order valence-corrected chi connectivity index (χ3v) is 5.01. The van der Waals surface area contributed by atoms with Crippen molar-refractivity contribution in [1.82, 2.24) is 9.97 Å². The highest BCUT2D eigenvalue weighted by Crippen LogP contribution is 2.27. The Bertz CT molecular complexity index is 784. The van der Waals surface area contributed by atoms with Crippen LogP contribution in [0.25, 0.3) is 11.4 Å². The van der Waals surface area contributed by atoms with Gasteiger partial charge in [0.1, 0.15) is 5.75 Å². The van der Waals surface area contributed by atoms with Crippen LogP contribution in [0.3, 0.4) is 0 Å². The van der Waals surface area contributed by atoms with Crippen molar-refractivity contribution in [2.45, 2.75) is 52.9 Å². The average Bonchev–Trinajstić information content (AvgIpc) is 2.68. The molecule has 0 fully saturated rings. The van der Waals surface area contributed by atoms with E-state index in [1.54, 1.807) is 5.57 Å². The number of ether oxygens (including phenoxy) is 1. The van der Waals surface area contributed by atoms with Crippen LogP contribution in [0.2, 0.25) is 0 Å². The van der Waals surface area contributed by atoms with Crippen LogP contribution in [-0.4, -0.2) is 16.6 Å². The number of hydrogen-bond donors (Lipinski definition) is 0. The summed E-state index contributed by atoms with van der Waals surface area (Å²) in [5.41, 5.74) is 5.12. The van der Waals surface area contributed by atoms with Gasteiger partial charge >= 0.3 is 0 Å². The normalized spacial score (nSPS) is 16.6. The molecule has 0 radical (unpaired) electrons. The Hall–Kier alpha value is -2.42. The summed E-state index contributed by atoms with van der Waals surface area (Å²) in [7, 11) is 0. The molecule has 0 amide bonds. The van der Waals surface area contributed by atoms with Crippen molar-refractivity contribution in [3.63, 3.8) is 0 Å². The summed E-state index contributed by atoms with van der Waals surface area (Å²) in [6, 6.07) is 8.09. The van der Waals surface area contributed by atoms with Gasteiger partial charge in [-0.25, -0.2) is 9.97 Å². The molecule has 1 aliphatic rings. The van der Waals surface area contributed by atoms with Gasteiger partial charge in [-0.1, -0.05) is 23.3 Å². The second-order valence-corrected chi connectivity index (χ2v) is 7.74. The molecule has 0 saturated heterocycles. The maximum Gasteiger partial charge on any atom is 0.159 e. The summed E-state index contributed by atoms with van der Waals surface area (Å²) < 4.78 is 6.02. The zero-order valence-electron chi connectivity index (χ0n) is 16.7. The van der Waals surface area contributed by atoms with Gasteiger partial charge < -0.3 is 4.74 Å². The highest BCUT2D eigenvalue weighted by atomic mass is 16.5. The lowest BCUT2D eigenvalue weighted by atomic mass is 9.88. The molecule has 1 unspecified atom stereocenters. The van der Waals surface area contributed by atoms with E-state index in [4.69, 9.17) is 4.74 Å². The first-order valence-corrected chi connectivity index (χ1v) is 9.93. The fraction of sp³-hybridized carbons (Fsp3) is 0.417. The van der Waals surface area contributed by atoms with Crippen LogP contribution in [0, 0.1) is 12.8 Å². The number of nitrogens with zero attached hydrogens (tertiary/aromatic N) is 2. The minimum Gasteiger partial charge on any atom is -0.493 e. The van der Waals surface area contributed by atoms with Crippen molar-refractivity contribution < 1.29 is 4.74 Å². The van der Waals surface area contributed by atoms with Crippen LogP contribution >= 0.6 is 0 Å². The van der Waals surface area contributed by atoms with E-state index in [0.29, 0.717) is 5.92 Å². The Morgan fingerprint density at radius 1 is 1.15 bits per heavy atom. The number of aryl methyl sites for hydroxylation is 1. The molecule has 2 aromatic rings. The zero-order chi connectivity index (χ0) is 19.1. The fourth-order valence-corrected chi connectivity index (χ4v) is 3.32. The molecule has 3 nitrogen and oxygen atoms in total. The molecule has 0 aliphatic heterocycles. The summed E-state index contributed by atoms with van der Waals surface area (Å²) >= 11 is 0. The summed E-state index contributed by atoms with van der Waals surface area (Å²) in [6.45, 7) is 7.12. The van der Waals surface area contributed by atoms with Crippen LogP contribution in [-0.2, 0) is 0 Å². The molecule has 1 heterocycles. The Morgan fingerprint density at radius 3 is 2.52 bits per heavy atom. The molecule has 3 rings (SSSR count). The quantitative estimate of drug-likeness (QED) is 0.542. The van der Waals surface area contributed by atoms with Gasteiger partial charge in [-0.15, -0.1) is 0 Å². The number of benzene rings is 1. The molecule has 1 aromatic heterocycles. The summed E-state index contributed by atoms with van der Waals surface area (Å²) in [6.07, 6.45) is 14.4. The third-order valence-electron chi connectivity index (χ3n) is 5.01. The monoisotopic (exact) mass is 362 g/mol. The Balaban J connectivity index is 1.46. The maximum absolute atomic E-state index is 6.02. The first kappa shape index (κ1) is 19.3. The number of allylic oxidation sites excluding steroid dienone is 4. The van der Waals surface area contributed by atoms with Crippen molar-refractivity contribution in [3.8, 4) is 17.1 Å². The van der Waals surface area contributed by atoms with Crippen LogP contribution in [0.5, 0.6) is 5.75 Å². The van der Waals surface area contributed by atoms with Crippen LogP contribution in [0.4, 0.5) is 0 Å². The van der Waals surface area contributed by atoms with E-state index in [0.717, 1.165) is 35.7 Å². The molecule has 0 spiro atoms. The molecule has 0 bridgehead atoms. The van der Waals surface area contributed by atoms with E-state index in [9.17, 15) is 0 Å². The van der Waals surface area contributed by atoms with Crippen molar-refractivity contribution >= 4 is 0 Å². The van der Waals surface area contributed by atoms with E-state index in [1.807, 2.05) is 43.6 Å². The van der Waals surface area contributed by atoms with Gasteiger partial charge in [-0.3, -0.25) is 0 Å². The van der Waals surface area contributed by atoms with Gasteiger partial charge in [-0.05, 0) is 88.6 Å². The maximum atomic E-state index is 6.02. The van der Waals surface area contributed by atoms with Crippen molar-refractivity contribution in [2.24, 2.45) is 5.92 Å². The number of rotatable bonds is 7. The molecule has 0 saturated carbocycles. The molecule has 1 aliphatic carbocycles. The van der Waals surface area contributed by atoms with E-state index >= 15 is 0 Å². The van der Waals surface area contributed by atoms with Gasteiger partial charge in [0.15, 0.2) is 5.82 Å². The van der Waals surface area contributed by atoms with Gasteiger partial charge in [0.25, 0.3) is 0 Å². The minimum absolute atomic E-state index is 0.623. The Morgan fingerprint density at radius 2 is 1.89 bits per heavy atom. The molecular weight excluding hydrogens is 332 g/mol. The fourth-order valence-electron chi connectivity index (χ4n) is 3.32. The largest absolute Gasteiger partial charge is 0.493 e. The molecular formula is C24H30N2O. The first-order valence-electron chi connectivity index (χ1n) is 9.93. The molecule has 27 heavy (non-hydrogen) atoms. The summed E-state index contributed by atoms with van der Waals surface area (Å²) in [4.78, 5) is 8.75. The zero-order valence-corrected chi connectivity index (χ0v) is 16.7. The topological polar surface area (TPSA) is 35.0 Å². The Kier molecular flexibility index (Phi) is 6.80. The number of aromatic nitrogens is 2. The van der Waals surface area contributed by atoms with Crippen LogP contribution < -0.4 is 4.74 Å². The van der Waals surface area contributed by atoms with Crippen LogP contribution in [0.15, 0.2) is 60.0 Å². The predicted molar refractivity (Wildman–Crippen MR) is 112 cm³/mol. The smallest absolute Gasteiger partial charge is 0.159 e. The van der Waals surface area contributed by atoms with Crippen molar-refractivity contribution in [1.29, 1.82) is 0 Å². The van der Waals surface area contributed by atoms with E-state index in [1.165, 1.54) is 31.3 Å². The highest BCUT2D eigenvalue weighted by Gasteiger charge is 2.15. The second-order valence-electron chi connectivity index (χ2n) is 7.74. The van der Waals surface area contributed by atoms with Gasteiger partial charge in [0.2, 0.25) is 0 Å². The number of hydrogen-bond acceptors (Lipinski definition) is 3. The predicted octanol–water partition coefficient (Wildman–Crippen LogP) is 6.30. The molecule has 0 N–H and O–H groups in total. The lowest BCUT2D eigenvalue weighted by Gasteiger charge is -2.22. The standard InChI is InChI=1S/C24H30N2O/c1-18(2)5-4-6-20-7-9-21(10-8-20)17-27-23-13-11-22(12-14-23)24-25-15-19(3)16-26-24/h5,7,11-16,21H,4,6,8-10,17H2,1-3H3. The van der Waals surface area contributed by atoms with Crippen molar-refractivity contribution in [2.75, 3.05) is 6.61 Å².